The van der Waals surface area contributed by atoms with Gasteiger partial charge in [-0.05, 0) is 80.6 Å². The summed E-state index contributed by atoms with van der Waals surface area (Å²) in [5.74, 6) is 0.206. The molecule has 0 N–H and O–H groups in total. The maximum Gasteiger partial charge on any atom is 0.338 e. The van der Waals surface area contributed by atoms with Crippen molar-refractivity contribution in [1.29, 1.82) is 0 Å². The zero-order valence-electron chi connectivity index (χ0n) is 21.2. The van der Waals surface area contributed by atoms with Gasteiger partial charge in [0.15, 0.2) is 4.80 Å². The molecule has 0 fully saturated rings. The Kier molecular flexibility index (Phi) is 8.30. The van der Waals surface area contributed by atoms with Crippen molar-refractivity contribution in [3.05, 3.63) is 129 Å². The summed E-state index contributed by atoms with van der Waals surface area (Å²) in [5, 5.41) is 0. The van der Waals surface area contributed by atoms with Crippen LogP contribution in [0.15, 0.2) is 103 Å². The highest BCUT2D eigenvalue weighted by Gasteiger charge is 2.33. The Morgan fingerprint density at radius 1 is 1.05 bits per heavy atom. The van der Waals surface area contributed by atoms with Crippen LogP contribution >= 0.6 is 43.2 Å². The predicted molar refractivity (Wildman–Crippen MR) is 159 cm³/mol. The van der Waals surface area contributed by atoms with E-state index < -0.39 is 12.0 Å². The Morgan fingerprint density at radius 3 is 2.33 bits per heavy atom. The fourth-order valence-corrected chi connectivity index (χ4v) is 6.92. The second kappa shape index (κ2) is 11.9. The van der Waals surface area contributed by atoms with Gasteiger partial charge in [-0.25, -0.2) is 9.79 Å². The first-order valence-electron chi connectivity index (χ1n) is 12.3. The summed E-state index contributed by atoms with van der Waals surface area (Å²) >= 11 is 8.52. The molecule has 39 heavy (non-hydrogen) atoms. The van der Waals surface area contributed by atoms with Crippen molar-refractivity contribution < 1.29 is 14.3 Å². The van der Waals surface area contributed by atoms with Gasteiger partial charge in [0.25, 0.3) is 5.56 Å². The first-order valence-corrected chi connectivity index (χ1v) is 14.7. The Balaban J connectivity index is 1.56. The summed E-state index contributed by atoms with van der Waals surface area (Å²) in [6, 6.07) is 22.6. The van der Waals surface area contributed by atoms with E-state index in [0.29, 0.717) is 33.0 Å². The number of halogens is 2. The molecule has 0 aliphatic carbocycles. The maximum atomic E-state index is 13.8. The lowest BCUT2D eigenvalue weighted by Gasteiger charge is -2.24. The third kappa shape index (κ3) is 5.71. The van der Waals surface area contributed by atoms with Crippen molar-refractivity contribution in [1.82, 2.24) is 4.57 Å². The van der Waals surface area contributed by atoms with Crippen LogP contribution in [0, 0.1) is 0 Å². The van der Waals surface area contributed by atoms with Gasteiger partial charge in [0.1, 0.15) is 12.4 Å². The van der Waals surface area contributed by atoms with E-state index in [2.05, 4.69) is 36.9 Å². The van der Waals surface area contributed by atoms with Gasteiger partial charge >= 0.3 is 5.97 Å². The number of aromatic nitrogens is 1. The Bertz CT molecular complexity index is 1720. The summed E-state index contributed by atoms with van der Waals surface area (Å²) in [4.78, 5) is 31.9. The van der Waals surface area contributed by atoms with Gasteiger partial charge in [-0.15, -0.1) is 0 Å². The predicted octanol–water partition coefficient (Wildman–Crippen LogP) is 5.90. The van der Waals surface area contributed by atoms with Gasteiger partial charge in [-0.1, -0.05) is 72.0 Å². The van der Waals surface area contributed by atoms with E-state index in [9.17, 15) is 9.59 Å². The summed E-state index contributed by atoms with van der Waals surface area (Å²) in [6.45, 7) is 4.20. The van der Waals surface area contributed by atoms with Crippen molar-refractivity contribution in [2.75, 3.05) is 6.61 Å². The van der Waals surface area contributed by atoms with E-state index in [1.807, 2.05) is 78.9 Å². The number of hydrogen-bond donors (Lipinski definition) is 0. The van der Waals surface area contributed by atoms with Crippen LogP contribution < -0.4 is 19.6 Å². The quantitative estimate of drug-likeness (QED) is 0.230. The number of carbonyl (C=O) groups is 1. The fraction of sp³-hybridized carbons (Fsp3) is 0.167. The van der Waals surface area contributed by atoms with Crippen LogP contribution in [0.2, 0.25) is 0 Å². The molecule has 6 nitrogen and oxygen atoms in total. The van der Waals surface area contributed by atoms with Crippen LogP contribution in [0.25, 0.3) is 6.08 Å². The molecule has 198 valence electrons. The molecule has 0 radical (unpaired) electrons. The molecule has 0 saturated heterocycles. The average molecular weight is 668 g/mol. The summed E-state index contributed by atoms with van der Waals surface area (Å²) in [6.07, 6.45) is 1.83. The van der Waals surface area contributed by atoms with Gasteiger partial charge in [0.2, 0.25) is 0 Å². The van der Waals surface area contributed by atoms with E-state index in [-0.39, 0.29) is 12.2 Å². The molecule has 0 bridgehead atoms. The Morgan fingerprint density at radius 2 is 1.69 bits per heavy atom. The molecular formula is C30H24Br2N2O4S. The standard InChI is InChI=1S/C30H24Br2N2O4S/c1-3-37-29(36)25-18(2)33-30-34(26(25)21-12-8-5-9-13-21)28(35)24(39-30)16-20-14-22(31)27(23(32)15-20)38-17-19-10-6-4-7-11-19/h4-16,26H,3,17H2,1-2H3/b24-16-/t26-/m1/s1. The first kappa shape index (κ1) is 27.3. The molecule has 0 amide bonds. The van der Waals surface area contributed by atoms with Crippen LogP contribution in [-0.4, -0.2) is 17.1 Å². The third-order valence-electron chi connectivity index (χ3n) is 6.18. The molecule has 1 aromatic heterocycles. The zero-order valence-corrected chi connectivity index (χ0v) is 25.2. The number of ether oxygens (including phenoxy) is 2. The van der Waals surface area contributed by atoms with Crippen LogP contribution in [0.4, 0.5) is 0 Å². The van der Waals surface area contributed by atoms with Gasteiger partial charge in [-0.2, -0.15) is 0 Å². The molecule has 0 saturated carbocycles. The van der Waals surface area contributed by atoms with Crippen LogP contribution in [0.5, 0.6) is 5.75 Å². The number of nitrogens with zero attached hydrogens (tertiary/aromatic N) is 2. The number of hydrogen-bond acceptors (Lipinski definition) is 6. The van der Waals surface area contributed by atoms with Crippen molar-refractivity contribution >= 4 is 55.2 Å². The van der Waals surface area contributed by atoms with Crippen LogP contribution in [0.3, 0.4) is 0 Å². The van der Waals surface area contributed by atoms with E-state index in [0.717, 1.165) is 25.6 Å². The maximum absolute atomic E-state index is 13.8. The van der Waals surface area contributed by atoms with E-state index in [1.54, 1.807) is 18.4 Å². The molecule has 2 heterocycles. The molecule has 9 heteroatoms. The highest BCUT2D eigenvalue weighted by Crippen LogP contribution is 2.36. The number of benzene rings is 3. The van der Waals surface area contributed by atoms with E-state index in [1.165, 1.54) is 11.3 Å². The summed E-state index contributed by atoms with van der Waals surface area (Å²) < 4.78 is 15.0. The number of carbonyl (C=O) groups excluding carboxylic acids is 1. The molecule has 1 aliphatic rings. The molecule has 0 spiro atoms. The first-order chi connectivity index (χ1) is 18.9. The van der Waals surface area contributed by atoms with Gasteiger partial charge in [0, 0.05) is 0 Å². The van der Waals surface area contributed by atoms with Crippen molar-refractivity contribution in [3.63, 3.8) is 0 Å². The lowest BCUT2D eigenvalue weighted by Crippen LogP contribution is -2.39. The number of esters is 1. The lowest BCUT2D eigenvalue weighted by molar-refractivity contribution is -0.139. The topological polar surface area (TPSA) is 69.9 Å². The van der Waals surface area contributed by atoms with E-state index >= 15 is 0 Å². The van der Waals surface area contributed by atoms with Crippen molar-refractivity contribution in [2.24, 2.45) is 4.99 Å². The molecule has 1 atom stereocenters. The number of fused-ring (bicyclic) bond motifs is 1. The SMILES string of the molecule is CCOC(=O)C1=C(C)N=c2s/c(=C\c3cc(Br)c(OCc4ccccc4)c(Br)c3)c(=O)n2[C@@H]1c1ccccc1. The summed E-state index contributed by atoms with van der Waals surface area (Å²) in [7, 11) is 0. The second-order valence-electron chi connectivity index (χ2n) is 8.80. The highest BCUT2D eigenvalue weighted by atomic mass is 79.9. The number of thiazole rings is 1. The van der Waals surface area contributed by atoms with Crippen LogP contribution in [-0.2, 0) is 16.1 Å². The average Bonchev–Trinajstić information content (AvgIpc) is 3.22. The van der Waals surface area contributed by atoms with E-state index in [4.69, 9.17) is 9.47 Å². The molecule has 1 aliphatic heterocycles. The molecular weight excluding hydrogens is 644 g/mol. The highest BCUT2D eigenvalue weighted by molar-refractivity contribution is 9.11. The minimum atomic E-state index is -0.629. The third-order valence-corrected chi connectivity index (χ3v) is 8.34. The van der Waals surface area contributed by atoms with Gasteiger partial charge in [-0.3, -0.25) is 9.36 Å². The Hall–Kier alpha value is -3.27. The van der Waals surface area contributed by atoms with Crippen molar-refractivity contribution in [2.45, 2.75) is 26.5 Å². The lowest BCUT2D eigenvalue weighted by atomic mass is 9.96. The monoisotopic (exact) mass is 666 g/mol. The fourth-order valence-electron chi connectivity index (χ4n) is 4.42. The molecule has 3 aromatic carbocycles. The summed E-state index contributed by atoms with van der Waals surface area (Å²) in [5.41, 5.74) is 3.37. The molecule has 4 aromatic rings. The number of rotatable bonds is 7. The molecule has 0 unspecified atom stereocenters. The van der Waals surface area contributed by atoms with Crippen molar-refractivity contribution in [3.8, 4) is 5.75 Å². The van der Waals surface area contributed by atoms with Gasteiger partial charge in [0.05, 0.1) is 37.4 Å². The zero-order chi connectivity index (χ0) is 27.5. The normalized spacial score (nSPS) is 15.1. The smallest absolute Gasteiger partial charge is 0.338 e. The number of allylic oxidation sites excluding steroid dienone is 1. The second-order valence-corrected chi connectivity index (χ2v) is 11.5. The molecule has 5 rings (SSSR count). The van der Waals surface area contributed by atoms with Crippen LogP contribution in [0.1, 0.15) is 36.6 Å². The van der Waals surface area contributed by atoms with Gasteiger partial charge < -0.3 is 9.47 Å². The minimum Gasteiger partial charge on any atom is -0.487 e. The minimum absolute atomic E-state index is 0.224. The largest absolute Gasteiger partial charge is 0.487 e. The Labute approximate surface area is 246 Å².